The van der Waals surface area contributed by atoms with Crippen molar-refractivity contribution in [2.45, 2.75) is 0 Å². The lowest BCUT2D eigenvalue weighted by Crippen LogP contribution is -1.98. The van der Waals surface area contributed by atoms with Gasteiger partial charge in [-0.2, -0.15) is 0 Å². The first kappa shape index (κ1) is 33.3. The fourth-order valence-corrected chi connectivity index (χ4v) is 9.21. The van der Waals surface area contributed by atoms with Crippen molar-refractivity contribution in [3.63, 3.8) is 0 Å². The largest absolute Gasteiger partial charge is 0.309 e. The highest BCUT2D eigenvalue weighted by Crippen LogP contribution is 2.43. The second-order valence-corrected chi connectivity index (χ2v) is 15.3. The van der Waals surface area contributed by atoms with Crippen LogP contribution in [0.15, 0.2) is 212 Å². The summed E-state index contributed by atoms with van der Waals surface area (Å²) in [5, 5.41) is 10.8. The Morgan fingerprint density at radius 2 is 0.797 bits per heavy atom. The lowest BCUT2D eigenvalue weighted by atomic mass is 9.98. The van der Waals surface area contributed by atoms with Gasteiger partial charge < -0.3 is 4.57 Å². The van der Waals surface area contributed by atoms with Crippen LogP contribution in [-0.4, -0.2) is 14.5 Å². The third kappa shape index (κ3) is 5.36. The van der Waals surface area contributed by atoms with Gasteiger partial charge in [0.25, 0.3) is 0 Å². The van der Waals surface area contributed by atoms with Crippen molar-refractivity contribution < 1.29 is 0 Å². The van der Waals surface area contributed by atoms with E-state index in [1.807, 2.05) is 0 Å². The molecule has 0 fully saturated rings. The Morgan fingerprint density at radius 3 is 1.44 bits per heavy atom. The molecule has 3 nitrogen and oxygen atoms in total. The van der Waals surface area contributed by atoms with E-state index in [9.17, 15) is 0 Å². The fraction of sp³-hybridized carbons (Fsp3) is 0. The molecule has 0 atom stereocenters. The van der Waals surface area contributed by atoms with E-state index in [1.54, 1.807) is 0 Å². The van der Waals surface area contributed by atoms with Crippen LogP contribution in [0.25, 0.3) is 116 Å². The number of fused-ring (bicyclic) bond motifs is 9. The predicted molar refractivity (Wildman–Crippen MR) is 248 cm³/mol. The normalized spacial score (nSPS) is 11.7. The smallest absolute Gasteiger partial charge is 0.161 e. The maximum atomic E-state index is 5.38. The highest BCUT2D eigenvalue weighted by Gasteiger charge is 2.20. The minimum atomic E-state index is 0.709. The molecule has 274 valence electrons. The van der Waals surface area contributed by atoms with Crippen LogP contribution in [0.5, 0.6) is 0 Å². The van der Waals surface area contributed by atoms with Gasteiger partial charge in [0.1, 0.15) is 0 Å². The third-order valence-electron chi connectivity index (χ3n) is 12.0. The minimum absolute atomic E-state index is 0.709. The van der Waals surface area contributed by atoms with Crippen molar-refractivity contribution in [1.82, 2.24) is 14.5 Å². The quantitative estimate of drug-likeness (QED) is 0.175. The van der Waals surface area contributed by atoms with Crippen LogP contribution in [0.2, 0.25) is 0 Å². The van der Waals surface area contributed by atoms with Crippen molar-refractivity contribution in [3.8, 4) is 50.6 Å². The molecule has 0 saturated heterocycles. The molecule has 0 aliphatic heterocycles. The molecule has 0 amide bonds. The molecule has 0 bridgehead atoms. The summed E-state index contributed by atoms with van der Waals surface area (Å²) in [5.41, 5.74) is 12.2. The molecule has 12 rings (SSSR count). The molecule has 0 unspecified atom stereocenters. The monoisotopic (exact) mass is 749 g/mol. The van der Waals surface area contributed by atoms with Gasteiger partial charge in [0, 0.05) is 32.7 Å². The first-order valence-corrected chi connectivity index (χ1v) is 20.2. The summed E-state index contributed by atoms with van der Waals surface area (Å²) in [4.78, 5) is 10.6. The molecule has 0 N–H and O–H groups in total. The number of aromatic nitrogens is 3. The van der Waals surface area contributed by atoms with Crippen molar-refractivity contribution >= 4 is 65.0 Å². The zero-order valence-electron chi connectivity index (χ0n) is 32.0. The van der Waals surface area contributed by atoms with Gasteiger partial charge in [-0.3, -0.25) is 0 Å². The molecule has 3 heteroatoms. The van der Waals surface area contributed by atoms with Gasteiger partial charge in [-0.15, -0.1) is 0 Å². The van der Waals surface area contributed by atoms with Gasteiger partial charge in [0.05, 0.1) is 27.9 Å². The molecule has 59 heavy (non-hydrogen) atoms. The molecule has 10 aromatic carbocycles. The maximum Gasteiger partial charge on any atom is 0.161 e. The number of benzene rings is 10. The van der Waals surface area contributed by atoms with Crippen molar-refractivity contribution in [1.29, 1.82) is 0 Å². The second kappa shape index (κ2) is 13.4. The molecule has 2 aromatic heterocycles. The van der Waals surface area contributed by atoms with Crippen molar-refractivity contribution in [2.75, 3.05) is 0 Å². The third-order valence-corrected chi connectivity index (χ3v) is 12.0. The summed E-state index contributed by atoms with van der Waals surface area (Å²) in [6.45, 7) is 0. The summed E-state index contributed by atoms with van der Waals surface area (Å²) < 4.78 is 2.46. The maximum absolute atomic E-state index is 5.38. The van der Waals surface area contributed by atoms with Crippen LogP contribution in [0.4, 0.5) is 0 Å². The van der Waals surface area contributed by atoms with Gasteiger partial charge in [0.15, 0.2) is 5.82 Å². The number of para-hydroxylation sites is 1. The molecular weight excluding hydrogens is 715 g/mol. The Labute approximate surface area is 341 Å². The second-order valence-electron chi connectivity index (χ2n) is 15.3. The Bertz CT molecular complexity index is 3490. The molecule has 0 saturated carbocycles. The fourth-order valence-electron chi connectivity index (χ4n) is 9.21. The van der Waals surface area contributed by atoms with E-state index < -0.39 is 0 Å². The summed E-state index contributed by atoms with van der Waals surface area (Å²) in [6.07, 6.45) is 0. The van der Waals surface area contributed by atoms with Crippen molar-refractivity contribution in [3.05, 3.63) is 212 Å². The van der Waals surface area contributed by atoms with Gasteiger partial charge in [-0.1, -0.05) is 188 Å². The molecule has 2 heterocycles. The summed E-state index contributed by atoms with van der Waals surface area (Å²) in [6, 6.07) is 76.2. The van der Waals surface area contributed by atoms with Crippen LogP contribution in [0.3, 0.4) is 0 Å². The predicted octanol–water partition coefficient (Wildman–Crippen LogP) is 14.9. The van der Waals surface area contributed by atoms with Crippen LogP contribution in [0, 0.1) is 0 Å². The van der Waals surface area contributed by atoms with Crippen LogP contribution < -0.4 is 0 Å². The minimum Gasteiger partial charge on any atom is -0.309 e. The number of hydrogen-bond acceptors (Lipinski definition) is 2. The lowest BCUT2D eigenvalue weighted by Gasteiger charge is -2.15. The molecule has 12 aromatic rings. The molecular formula is C56H35N3. The Kier molecular flexibility index (Phi) is 7.54. The van der Waals surface area contributed by atoms with Gasteiger partial charge in [-0.25, -0.2) is 9.97 Å². The van der Waals surface area contributed by atoms with E-state index in [1.165, 1.54) is 65.6 Å². The van der Waals surface area contributed by atoms with E-state index in [4.69, 9.17) is 9.97 Å². The SMILES string of the molecule is c1ccc(-c2ccc(-c3ccc(-c4nc(-c5cccc6c(-n7c8ccc9ccccc9c8c8c9ccccc9ccc87)cccc56)nc5ccccc45)cc3)cc2)cc1. The average molecular weight is 750 g/mol. The molecule has 0 aliphatic rings. The van der Waals surface area contributed by atoms with Gasteiger partial charge in [0.2, 0.25) is 0 Å². The zero-order chi connectivity index (χ0) is 38.9. The lowest BCUT2D eigenvalue weighted by molar-refractivity contribution is 1.20. The van der Waals surface area contributed by atoms with E-state index in [2.05, 4.69) is 217 Å². The van der Waals surface area contributed by atoms with Gasteiger partial charge in [-0.05, 0) is 73.5 Å². The first-order chi connectivity index (χ1) is 29.3. The Balaban J connectivity index is 1.01. The molecule has 0 radical (unpaired) electrons. The average Bonchev–Trinajstić information content (AvgIpc) is 3.66. The van der Waals surface area contributed by atoms with Crippen LogP contribution in [0.1, 0.15) is 0 Å². The van der Waals surface area contributed by atoms with E-state index >= 15 is 0 Å². The molecule has 0 aliphatic carbocycles. The summed E-state index contributed by atoms with van der Waals surface area (Å²) in [5.74, 6) is 0.709. The van der Waals surface area contributed by atoms with E-state index in [-0.39, 0.29) is 0 Å². The number of hydrogen-bond donors (Lipinski definition) is 0. The van der Waals surface area contributed by atoms with E-state index in [0.717, 1.165) is 44.2 Å². The highest BCUT2D eigenvalue weighted by atomic mass is 15.0. The topological polar surface area (TPSA) is 30.7 Å². The first-order valence-electron chi connectivity index (χ1n) is 20.2. The van der Waals surface area contributed by atoms with Gasteiger partial charge >= 0.3 is 0 Å². The zero-order valence-corrected chi connectivity index (χ0v) is 32.0. The standard InChI is InChI=1S/C56H35N3/c1-2-12-36(13-3-1)37-24-26-38(27-25-37)39-28-30-42(31-29-39)55-48-18-8-9-22-49(48)57-56(58-55)47-21-10-20-46-45(47)19-11-23-50(46)59-51-34-32-40-14-4-6-16-43(40)53(51)54-44-17-7-5-15-41(44)33-35-52(54)59/h1-35H. The summed E-state index contributed by atoms with van der Waals surface area (Å²) >= 11 is 0. The summed E-state index contributed by atoms with van der Waals surface area (Å²) in [7, 11) is 0. The molecule has 0 spiro atoms. The number of nitrogens with zero attached hydrogens (tertiary/aromatic N) is 3. The highest BCUT2D eigenvalue weighted by molar-refractivity contribution is 6.29. The van der Waals surface area contributed by atoms with Crippen LogP contribution >= 0.6 is 0 Å². The Morgan fingerprint density at radius 1 is 0.305 bits per heavy atom. The van der Waals surface area contributed by atoms with E-state index in [0.29, 0.717) is 5.82 Å². The van der Waals surface area contributed by atoms with Crippen molar-refractivity contribution in [2.24, 2.45) is 0 Å². The number of rotatable bonds is 5. The Hall–Kier alpha value is -7.88. The van der Waals surface area contributed by atoms with Crippen LogP contribution in [-0.2, 0) is 0 Å².